The van der Waals surface area contributed by atoms with Gasteiger partial charge < -0.3 is 14.8 Å². The molecule has 1 fully saturated rings. The number of hydrogen-bond donors (Lipinski definition) is 1. The number of ketones is 1. The highest BCUT2D eigenvalue weighted by Crippen LogP contribution is 2.35. The summed E-state index contributed by atoms with van der Waals surface area (Å²) in [5.41, 5.74) is 1.41. The summed E-state index contributed by atoms with van der Waals surface area (Å²) < 4.78 is 10.6. The smallest absolute Gasteiger partial charge is 0.317 e. The van der Waals surface area contributed by atoms with E-state index in [1.807, 2.05) is 18.2 Å². The molecule has 0 unspecified atom stereocenters. The minimum absolute atomic E-state index is 0.134. The monoisotopic (exact) mass is 191 g/mol. The minimum atomic E-state index is -1.23. The minimum Gasteiger partial charge on any atom is -0.327 e. The number of hydrogen-bond acceptors (Lipinski definition) is 4. The zero-order valence-corrected chi connectivity index (χ0v) is 7.45. The molecule has 2 aliphatic rings. The quantitative estimate of drug-likeness (QED) is 0.664. The van der Waals surface area contributed by atoms with Gasteiger partial charge in [-0.05, 0) is 12.1 Å². The van der Waals surface area contributed by atoms with Gasteiger partial charge in [0.1, 0.15) is 0 Å². The molecule has 3 rings (SSSR count). The fraction of sp³-hybridized carbons (Fsp3) is 0.300. The molecule has 2 heterocycles. The molecule has 0 bridgehead atoms. The molecule has 0 aromatic heterocycles. The first-order chi connectivity index (χ1) is 6.82. The fourth-order valence-electron chi connectivity index (χ4n) is 1.82. The number of anilines is 1. The van der Waals surface area contributed by atoms with Crippen LogP contribution in [0.25, 0.3) is 0 Å². The molecular weight excluding hydrogens is 182 g/mol. The van der Waals surface area contributed by atoms with E-state index >= 15 is 0 Å². The summed E-state index contributed by atoms with van der Waals surface area (Å²) in [6.45, 7) is 0.902. The van der Waals surface area contributed by atoms with E-state index in [2.05, 4.69) is 5.32 Å². The van der Waals surface area contributed by atoms with E-state index in [1.54, 1.807) is 6.07 Å². The van der Waals surface area contributed by atoms with Crippen LogP contribution in [0.15, 0.2) is 24.3 Å². The van der Waals surface area contributed by atoms with E-state index in [9.17, 15) is 4.79 Å². The molecule has 1 aromatic rings. The molecule has 1 aromatic carbocycles. The summed E-state index contributed by atoms with van der Waals surface area (Å²) in [6.07, 6.45) is 0. The molecule has 0 saturated carbocycles. The van der Waals surface area contributed by atoms with Crippen molar-refractivity contribution in [2.45, 2.75) is 5.91 Å². The summed E-state index contributed by atoms with van der Waals surface area (Å²) in [4.78, 5) is 11.9. The van der Waals surface area contributed by atoms with Crippen molar-refractivity contribution < 1.29 is 14.3 Å². The van der Waals surface area contributed by atoms with Crippen molar-refractivity contribution in [3.8, 4) is 0 Å². The van der Waals surface area contributed by atoms with Crippen LogP contribution in [0.4, 0.5) is 5.69 Å². The standard InChI is InChI=1S/C10H9NO3/c12-9-7-3-1-2-4-8(7)11-10(9)13-5-6-14-10/h1-4,11H,5-6H2. The van der Waals surface area contributed by atoms with Gasteiger partial charge in [0.2, 0.25) is 5.78 Å². The first kappa shape index (κ1) is 7.96. The third-order valence-electron chi connectivity index (χ3n) is 2.46. The van der Waals surface area contributed by atoms with Crippen molar-refractivity contribution in [2.75, 3.05) is 18.5 Å². The number of Topliss-reactive ketones (excluding diaryl/α,β-unsaturated/α-hetero) is 1. The van der Waals surface area contributed by atoms with Crippen LogP contribution >= 0.6 is 0 Å². The summed E-state index contributed by atoms with van der Waals surface area (Å²) in [5, 5.41) is 2.97. The lowest BCUT2D eigenvalue weighted by Crippen LogP contribution is -2.42. The molecule has 0 atom stereocenters. The van der Waals surface area contributed by atoms with Crippen LogP contribution in [-0.2, 0) is 9.47 Å². The van der Waals surface area contributed by atoms with Gasteiger partial charge in [-0.25, -0.2) is 0 Å². The topological polar surface area (TPSA) is 47.6 Å². The summed E-state index contributed by atoms with van der Waals surface area (Å²) >= 11 is 0. The van der Waals surface area contributed by atoms with E-state index in [0.717, 1.165) is 5.69 Å². The van der Waals surface area contributed by atoms with Crippen molar-refractivity contribution in [1.29, 1.82) is 0 Å². The molecule has 0 amide bonds. The maximum absolute atomic E-state index is 11.9. The predicted octanol–water partition coefficient (Wildman–Crippen LogP) is 0.995. The third kappa shape index (κ3) is 0.867. The van der Waals surface area contributed by atoms with E-state index in [1.165, 1.54) is 0 Å². The van der Waals surface area contributed by atoms with Crippen LogP contribution in [0.5, 0.6) is 0 Å². The van der Waals surface area contributed by atoms with Crippen molar-refractivity contribution in [1.82, 2.24) is 0 Å². The molecule has 4 nitrogen and oxygen atoms in total. The Hall–Kier alpha value is -1.39. The summed E-state index contributed by atoms with van der Waals surface area (Å²) in [7, 11) is 0. The normalized spacial score (nSPS) is 22.4. The van der Waals surface area contributed by atoms with E-state index in [4.69, 9.17) is 9.47 Å². The SMILES string of the molecule is O=C1c2ccccc2NC12OCCO2. The molecular formula is C10H9NO3. The van der Waals surface area contributed by atoms with Gasteiger partial charge in [0.05, 0.1) is 13.2 Å². The molecule has 2 aliphatic heterocycles. The van der Waals surface area contributed by atoms with Crippen LogP contribution in [0, 0.1) is 0 Å². The van der Waals surface area contributed by atoms with Crippen LogP contribution < -0.4 is 5.32 Å². The number of fused-ring (bicyclic) bond motifs is 1. The second-order valence-corrected chi connectivity index (χ2v) is 3.31. The number of rotatable bonds is 0. The van der Waals surface area contributed by atoms with Crippen molar-refractivity contribution in [2.24, 2.45) is 0 Å². The van der Waals surface area contributed by atoms with Crippen molar-refractivity contribution in [3.63, 3.8) is 0 Å². The highest BCUT2D eigenvalue weighted by molar-refractivity contribution is 6.11. The molecule has 0 aliphatic carbocycles. The first-order valence-corrected chi connectivity index (χ1v) is 4.52. The lowest BCUT2D eigenvalue weighted by atomic mass is 10.1. The Labute approximate surface area is 80.8 Å². The fourth-order valence-corrected chi connectivity index (χ4v) is 1.82. The predicted molar refractivity (Wildman–Crippen MR) is 49.0 cm³/mol. The van der Waals surface area contributed by atoms with E-state index in [-0.39, 0.29) is 5.78 Å². The average Bonchev–Trinajstić information content (AvgIpc) is 2.77. The Morgan fingerprint density at radius 3 is 2.64 bits per heavy atom. The molecule has 4 heteroatoms. The van der Waals surface area contributed by atoms with Gasteiger partial charge in [-0.1, -0.05) is 12.1 Å². The second kappa shape index (κ2) is 2.56. The Balaban J connectivity index is 2.09. The largest absolute Gasteiger partial charge is 0.327 e. The van der Waals surface area contributed by atoms with Crippen molar-refractivity contribution >= 4 is 11.5 Å². The lowest BCUT2D eigenvalue weighted by Gasteiger charge is -2.19. The van der Waals surface area contributed by atoms with Gasteiger partial charge in [-0.3, -0.25) is 4.79 Å². The maximum atomic E-state index is 11.9. The highest BCUT2D eigenvalue weighted by Gasteiger charge is 2.50. The first-order valence-electron chi connectivity index (χ1n) is 4.52. The Kier molecular flexibility index (Phi) is 1.45. The Bertz CT molecular complexity index is 396. The van der Waals surface area contributed by atoms with E-state index in [0.29, 0.717) is 18.8 Å². The van der Waals surface area contributed by atoms with Gasteiger partial charge in [-0.2, -0.15) is 0 Å². The van der Waals surface area contributed by atoms with Gasteiger partial charge in [-0.15, -0.1) is 0 Å². The average molecular weight is 191 g/mol. The Morgan fingerprint density at radius 1 is 1.21 bits per heavy atom. The van der Waals surface area contributed by atoms with Crippen LogP contribution in [0.2, 0.25) is 0 Å². The van der Waals surface area contributed by atoms with Gasteiger partial charge in [0.15, 0.2) is 0 Å². The number of carbonyl (C=O) groups excluding carboxylic acids is 1. The molecule has 0 radical (unpaired) electrons. The summed E-state index contributed by atoms with van der Waals surface area (Å²) in [6, 6.07) is 7.30. The zero-order chi connectivity index (χ0) is 9.60. The molecule has 14 heavy (non-hydrogen) atoms. The van der Waals surface area contributed by atoms with Crippen LogP contribution in [0.1, 0.15) is 10.4 Å². The summed E-state index contributed by atoms with van der Waals surface area (Å²) in [5.74, 6) is -1.37. The third-order valence-corrected chi connectivity index (χ3v) is 2.46. The highest BCUT2D eigenvalue weighted by atomic mass is 16.8. The zero-order valence-electron chi connectivity index (χ0n) is 7.45. The van der Waals surface area contributed by atoms with Crippen LogP contribution in [-0.4, -0.2) is 24.9 Å². The Morgan fingerprint density at radius 2 is 1.93 bits per heavy atom. The van der Waals surface area contributed by atoms with Gasteiger partial charge in [0, 0.05) is 11.3 Å². The van der Waals surface area contributed by atoms with Crippen LogP contribution in [0.3, 0.4) is 0 Å². The molecule has 1 saturated heterocycles. The maximum Gasteiger partial charge on any atom is 0.317 e. The van der Waals surface area contributed by atoms with E-state index < -0.39 is 5.91 Å². The number of carbonyl (C=O) groups is 1. The van der Waals surface area contributed by atoms with Gasteiger partial charge in [0.25, 0.3) is 0 Å². The molecule has 1 N–H and O–H groups in total. The number of para-hydroxylation sites is 1. The molecule has 1 spiro atoms. The number of benzene rings is 1. The van der Waals surface area contributed by atoms with Crippen molar-refractivity contribution in [3.05, 3.63) is 29.8 Å². The van der Waals surface area contributed by atoms with Gasteiger partial charge >= 0.3 is 5.91 Å². The number of nitrogens with one attached hydrogen (secondary N) is 1. The molecule has 72 valence electrons. The lowest BCUT2D eigenvalue weighted by molar-refractivity contribution is -0.0939. The number of ether oxygens (including phenoxy) is 2. The second-order valence-electron chi connectivity index (χ2n) is 3.31.